The largest absolute Gasteiger partial charge is 0.399 e. The second-order valence-electron chi connectivity index (χ2n) is 4.73. The number of anilines is 2. The lowest BCUT2D eigenvalue weighted by molar-refractivity contribution is 0.281. The van der Waals surface area contributed by atoms with E-state index in [1.807, 2.05) is 28.5 Å². The minimum absolute atomic E-state index is 0.0301. The molecule has 1 aromatic heterocycles. The number of nitrogens with two attached hydrogens (primary N) is 2. The van der Waals surface area contributed by atoms with Gasteiger partial charge in [0.1, 0.15) is 0 Å². The summed E-state index contributed by atoms with van der Waals surface area (Å²) in [5, 5.41) is 20.5. The van der Waals surface area contributed by atoms with Crippen molar-refractivity contribution in [3.05, 3.63) is 35.2 Å². The zero-order valence-electron chi connectivity index (χ0n) is 11.8. The van der Waals surface area contributed by atoms with Gasteiger partial charge in [0.2, 0.25) is 0 Å². The molecule has 6 heteroatoms. The van der Waals surface area contributed by atoms with E-state index in [2.05, 4.69) is 6.07 Å². The second-order valence-corrected chi connectivity index (χ2v) is 5.65. The number of nitrogens with zero attached hydrogens (tertiary/aromatic N) is 1. The number of rotatable bonds is 7. The van der Waals surface area contributed by atoms with Crippen LogP contribution in [0.4, 0.5) is 11.4 Å². The van der Waals surface area contributed by atoms with Crippen LogP contribution in [0.2, 0.25) is 0 Å². The van der Waals surface area contributed by atoms with Crippen LogP contribution in [-0.4, -0.2) is 36.5 Å². The average Bonchev–Trinajstić information content (AvgIpc) is 2.96. The van der Waals surface area contributed by atoms with E-state index < -0.39 is 0 Å². The fraction of sp³-hybridized carbons (Fsp3) is 0.333. The van der Waals surface area contributed by atoms with Gasteiger partial charge in [-0.3, -0.25) is 0 Å². The molecule has 0 aliphatic rings. The van der Waals surface area contributed by atoms with Crippen LogP contribution in [0.25, 0.3) is 10.4 Å². The topological polar surface area (TPSA) is 95.7 Å². The van der Waals surface area contributed by atoms with Crippen molar-refractivity contribution >= 4 is 22.7 Å². The van der Waals surface area contributed by atoms with Crippen molar-refractivity contribution in [2.24, 2.45) is 5.73 Å². The zero-order valence-corrected chi connectivity index (χ0v) is 12.6. The molecule has 0 aliphatic heterocycles. The average molecular weight is 307 g/mol. The van der Waals surface area contributed by atoms with Crippen LogP contribution >= 0.6 is 11.3 Å². The SMILES string of the molecule is NCc1csc(-c2cc(N)ccc2N(CCO)CCO)c1. The lowest BCUT2D eigenvalue weighted by atomic mass is 10.1. The van der Waals surface area contributed by atoms with Crippen LogP contribution in [0.15, 0.2) is 29.6 Å². The second kappa shape index (κ2) is 7.42. The zero-order chi connectivity index (χ0) is 15.2. The fourth-order valence-corrected chi connectivity index (χ4v) is 3.20. The maximum Gasteiger partial charge on any atom is 0.0606 e. The molecule has 0 fully saturated rings. The normalized spacial score (nSPS) is 10.8. The molecule has 0 bridgehead atoms. The van der Waals surface area contributed by atoms with Crippen LogP contribution < -0.4 is 16.4 Å². The molecule has 114 valence electrons. The smallest absolute Gasteiger partial charge is 0.0606 e. The molecule has 0 saturated carbocycles. The first-order chi connectivity index (χ1) is 10.2. The van der Waals surface area contributed by atoms with Crippen molar-refractivity contribution in [2.75, 3.05) is 36.9 Å². The highest BCUT2D eigenvalue weighted by atomic mass is 32.1. The molecule has 5 nitrogen and oxygen atoms in total. The summed E-state index contributed by atoms with van der Waals surface area (Å²) in [6, 6.07) is 7.73. The number of benzene rings is 1. The maximum atomic E-state index is 9.22. The predicted molar refractivity (Wildman–Crippen MR) is 88.4 cm³/mol. The van der Waals surface area contributed by atoms with E-state index in [1.54, 1.807) is 11.3 Å². The highest BCUT2D eigenvalue weighted by molar-refractivity contribution is 7.13. The molecule has 0 atom stereocenters. The third-order valence-electron chi connectivity index (χ3n) is 3.26. The maximum absolute atomic E-state index is 9.22. The lowest BCUT2D eigenvalue weighted by Crippen LogP contribution is -2.30. The van der Waals surface area contributed by atoms with Crippen LogP contribution in [0.5, 0.6) is 0 Å². The van der Waals surface area contributed by atoms with Gasteiger partial charge in [0.25, 0.3) is 0 Å². The Balaban J connectivity index is 2.45. The van der Waals surface area contributed by atoms with Gasteiger partial charge < -0.3 is 26.6 Å². The van der Waals surface area contributed by atoms with Gasteiger partial charge in [0, 0.05) is 41.4 Å². The van der Waals surface area contributed by atoms with E-state index in [-0.39, 0.29) is 13.2 Å². The van der Waals surface area contributed by atoms with E-state index in [9.17, 15) is 10.2 Å². The van der Waals surface area contributed by atoms with Gasteiger partial charge in [-0.25, -0.2) is 0 Å². The molecular formula is C15H21N3O2S. The molecule has 2 aromatic rings. The summed E-state index contributed by atoms with van der Waals surface area (Å²) in [4.78, 5) is 3.04. The number of aliphatic hydroxyl groups excluding tert-OH is 2. The van der Waals surface area contributed by atoms with E-state index in [0.717, 1.165) is 21.7 Å². The highest BCUT2D eigenvalue weighted by Gasteiger charge is 2.14. The molecule has 0 aliphatic carbocycles. The van der Waals surface area contributed by atoms with Gasteiger partial charge >= 0.3 is 0 Å². The van der Waals surface area contributed by atoms with Crippen molar-refractivity contribution in [1.29, 1.82) is 0 Å². The van der Waals surface area contributed by atoms with E-state index in [0.29, 0.717) is 25.3 Å². The first-order valence-corrected chi connectivity index (χ1v) is 7.71. The molecule has 0 unspecified atom stereocenters. The molecule has 6 N–H and O–H groups in total. The first kappa shape index (κ1) is 15.8. The van der Waals surface area contributed by atoms with Gasteiger partial charge in [-0.2, -0.15) is 0 Å². The molecule has 0 amide bonds. The quantitative estimate of drug-likeness (QED) is 0.577. The van der Waals surface area contributed by atoms with E-state index in [1.165, 1.54) is 0 Å². The van der Waals surface area contributed by atoms with Crippen molar-refractivity contribution < 1.29 is 10.2 Å². The monoisotopic (exact) mass is 307 g/mol. The molecule has 2 rings (SSSR count). The van der Waals surface area contributed by atoms with Gasteiger partial charge in [-0.1, -0.05) is 0 Å². The number of thiophene rings is 1. The Morgan fingerprint density at radius 3 is 2.38 bits per heavy atom. The van der Waals surface area contributed by atoms with Gasteiger partial charge in [0.15, 0.2) is 0 Å². The Hall–Kier alpha value is -1.60. The highest BCUT2D eigenvalue weighted by Crippen LogP contribution is 2.36. The van der Waals surface area contributed by atoms with Gasteiger partial charge in [0.05, 0.1) is 13.2 Å². The van der Waals surface area contributed by atoms with Gasteiger partial charge in [-0.05, 0) is 35.2 Å². The summed E-state index contributed by atoms with van der Waals surface area (Å²) >= 11 is 1.62. The lowest BCUT2D eigenvalue weighted by Gasteiger charge is -2.25. The third-order valence-corrected chi connectivity index (χ3v) is 4.27. The molecule has 0 spiro atoms. The van der Waals surface area contributed by atoms with Crippen LogP contribution in [0.1, 0.15) is 5.56 Å². The Labute approximate surface area is 128 Å². The minimum atomic E-state index is 0.0301. The molecule has 1 heterocycles. The Morgan fingerprint density at radius 2 is 1.81 bits per heavy atom. The Morgan fingerprint density at radius 1 is 1.10 bits per heavy atom. The molecule has 0 radical (unpaired) electrons. The van der Waals surface area contributed by atoms with Crippen molar-refractivity contribution in [1.82, 2.24) is 0 Å². The Kier molecular flexibility index (Phi) is 5.58. The number of aliphatic hydroxyl groups is 2. The van der Waals surface area contributed by atoms with Crippen molar-refractivity contribution in [3.8, 4) is 10.4 Å². The number of hydrogen-bond acceptors (Lipinski definition) is 6. The summed E-state index contributed by atoms with van der Waals surface area (Å²) in [6.45, 7) is 1.49. The molecule has 0 saturated heterocycles. The predicted octanol–water partition coefficient (Wildman–Crippen LogP) is 1.25. The minimum Gasteiger partial charge on any atom is -0.399 e. The van der Waals surface area contributed by atoms with E-state index >= 15 is 0 Å². The third kappa shape index (κ3) is 3.74. The first-order valence-electron chi connectivity index (χ1n) is 6.83. The van der Waals surface area contributed by atoms with E-state index in [4.69, 9.17) is 11.5 Å². The Bertz CT molecular complexity index is 580. The molecular weight excluding hydrogens is 286 g/mol. The summed E-state index contributed by atoms with van der Waals surface area (Å²) in [6.07, 6.45) is 0. The summed E-state index contributed by atoms with van der Waals surface area (Å²) in [5.74, 6) is 0. The standard InChI is InChI=1S/C15H21N3O2S/c16-9-11-7-15(21-10-11)13-8-12(17)1-2-14(13)18(3-5-19)4-6-20/h1-2,7-8,10,19-20H,3-6,9,16-17H2. The van der Waals surface area contributed by atoms with Crippen LogP contribution in [0.3, 0.4) is 0 Å². The van der Waals surface area contributed by atoms with Crippen molar-refractivity contribution in [3.63, 3.8) is 0 Å². The summed E-state index contributed by atoms with van der Waals surface area (Å²) in [7, 11) is 0. The molecule has 1 aromatic carbocycles. The van der Waals surface area contributed by atoms with Crippen LogP contribution in [0, 0.1) is 0 Å². The molecule has 21 heavy (non-hydrogen) atoms. The number of nitrogen functional groups attached to an aromatic ring is 1. The summed E-state index contributed by atoms with van der Waals surface area (Å²) in [5.41, 5.74) is 15.3. The summed E-state index contributed by atoms with van der Waals surface area (Å²) < 4.78 is 0. The number of hydrogen-bond donors (Lipinski definition) is 4. The van der Waals surface area contributed by atoms with Gasteiger partial charge in [-0.15, -0.1) is 11.3 Å². The van der Waals surface area contributed by atoms with Crippen molar-refractivity contribution in [2.45, 2.75) is 6.54 Å². The van der Waals surface area contributed by atoms with Crippen LogP contribution in [-0.2, 0) is 6.54 Å². The fourth-order valence-electron chi connectivity index (χ4n) is 2.24.